The number of halogens is 1. The Morgan fingerprint density at radius 1 is 0.906 bits per heavy atom. The Labute approximate surface area is 305 Å². The Bertz CT molecular complexity index is 2300. The van der Waals surface area contributed by atoms with Gasteiger partial charge in [-0.2, -0.15) is 0 Å². The number of benzene rings is 3. The van der Waals surface area contributed by atoms with Gasteiger partial charge in [0.1, 0.15) is 34.6 Å². The van der Waals surface area contributed by atoms with Crippen LogP contribution in [0.15, 0.2) is 65.7 Å². The van der Waals surface area contributed by atoms with Crippen LogP contribution in [0, 0.1) is 11.7 Å². The molecule has 6 heterocycles. The smallest absolute Gasteiger partial charge is 0.262 e. The molecule has 4 saturated heterocycles. The topological polar surface area (TPSA) is 125 Å². The number of ether oxygens (including phenoxy) is 2. The number of likely N-dealkylation sites (tertiary alicyclic amines) is 1. The number of aromatic nitrogens is 3. The summed E-state index contributed by atoms with van der Waals surface area (Å²) >= 11 is 0. The van der Waals surface area contributed by atoms with Crippen LogP contribution in [-0.4, -0.2) is 90.3 Å². The minimum Gasteiger partial charge on any atom is -0.497 e. The normalized spacial score (nSPS) is 22.3. The summed E-state index contributed by atoms with van der Waals surface area (Å²) in [6.07, 6.45) is 7.72. The molecule has 12 nitrogen and oxygen atoms in total. The number of rotatable bonds is 8. The number of hydrogen-bond acceptors (Lipinski definition) is 9. The molecule has 2 N–H and O–H groups in total. The van der Waals surface area contributed by atoms with E-state index in [1.807, 2.05) is 35.2 Å². The number of hydrogen-bond donors (Lipinski definition) is 2. The van der Waals surface area contributed by atoms with E-state index in [4.69, 9.17) is 14.5 Å². The van der Waals surface area contributed by atoms with Gasteiger partial charge < -0.3 is 28.8 Å². The van der Waals surface area contributed by atoms with Crippen molar-refractivity contribution < 1.29 is 23.5 Å². The quantitative estimate of drug-likeness (QED) is 0.217. The maximum Gasteiger partial charge on any atom is 0.262 e. The number of carbonyl (C=O) groups is 2. The highest BCUT2D eigenvalue weighted by Gasteiger charge is 2.44. The molecule has 4 fully saturated rings. The molecule has 5 aromatic rings. The number of imide groups is 1. The van der Waals surface area contributed by atoms with Crippen molar-refractivity contribution in [1.29, 1.82) is 0 Å². The highest BCUT2D eigenvalue weighted by Crippen LogP contribution is 2.39. The Morgan fingerprint density at radius 2 is 1.68 bits per heavy atom. The van der Waals surface area contributed by atoms with Gasteiger partial charge in [-0.05, 0) is 68.0 Å². The van der Waals surface area contributed by atoms with Crippen molar-refractivity contribution in [3.8, 4) is 22.9 Å². The lowest BCUT2D eigenvalue weighted by Gasteiger charge is -2.40. The van der Waals surface area contributed by atoms with Crippen molar-refractivity contribution in [3.63, 3.8) is 0 Å². The summed E-state index contributed by atoms with van der Waals surface area (Å²) in [6, 6.07) is 15.4. The minimum absolute atomic E-state index is 0.235. The lowest BCUT2D eigenvalue weighted by molar-refractivity contribution is -0.135. The third-order valence-corrected chi connectivity index (χ3v) is 11.8. The van der Waals surface area contributed by atoms with Crippen molar-refractivity contribution in [1.82, 2.24) is 24.8 Å². The van der Waals surface area contributed by atoms with E-state index in [-0.39, 0.29) is 29.2 Å². The van der Waals surface area contributed by atoms with Gasteiger partial charge >= 0.3 is 0 Å². The summed E-state index contributed by atoms with van der Waals surface area (Å²) in [4.78, 5) is 52.0. The molecule has 2 aromatic heterocycles. The number of piperidine rings is 2. The number of fused-ring (bicyclic) bond motifs is 4. The molecule has 0 radical (unpaired) electrons. The fraction of sp³-hybridized carbons (Fsp3) is 0.400. The highest BCUT2D eigenvalue weighted by molar-refractivity contribution is 6.00. The third-order valence-electron chi connectivity index (χ3n) is 11.8. The van der Waals surface area contributed by atoms with Crippen LogP contribution in [0.4, 0.5) is 15.8 Å². The molecule has 0 aliphatic carbocycles. The van der Waals surface area contributed by atoms with Crippen LogP contribution in [0.3, 0.4) is 0 Å². The van der Waals surface area contributed by atoms with Crippen molar-refractivity contribution >= 4 is 44.9 Å². The summed E-state index contributed by atoms with van der Waals surface area (Å²) in [5.41, 5.74) is 2.86. The van der Waals surface area contributed by atoms with Crippen LogP contribution < -0.4 is 30.1 Å². The van der Waals surface area contributed by atoms with E-state index < -0.39 is 6.04 Å². The molecule has 9 rings (SSSR count). The summed E-state index contributed by atoms with van der Waals surface area (Å²) < 4.78 is 28.1. The average Bonchev–Trinajstić information content (AvgIpc) is 3.88. The summed E-state index contributed by atoms with van der Waals surface area (Å²) in [6.45, 7) is 4.77. The zero-order valence-corrected chi connectivity index (χ0v) is 29.8. The van der Waals surface area contributed by atoms with E-state index in [0.29, 0.717) is 58.7 Å². The van der Waals surface area contributed by atoms with Gasteiger partial charge in [-0.25, -0.2) is 9.37 Å². The van der Waals surface area contributed by atoms with Crippen molar-refractivity contribution in [2.24, 2.45) is 5.92 Å². The minimum atomic E-state index is -0.460. The Morgan fingerprint density at radius 3 is 2.38 bits per heavy atom. The lowest BCUT2D eigenvalue weighted by Crippen LogP contribution is -2.49. The van der Waals surface area contributed by atoms with Gasteiger partial charge in [-0.15, -0.1) is 0 Å². The van der Waals surface area contributed by atoms with Gasteiger partial charge in [0.25, 0.3) is 5.56 Å². The Hall–Kier alpha value is -5.43. The van der Waals surface area contributed by atoms with E-state index in [1.54, 1.807) is 25.3 Å². The largest absolute Gasteiger partial charge is 0.497 e. The molecule has 2 bridgehead atoms. The predicted octanol–water partition coefficient (Wildman–Crippen LogP) is 4.86. The number of nitrogens with one attached hydrogen (secondary N) is 2. The number of amides is 2. The van der Waals surface area contributed by atoms with Gasteiger partial charge in [0.05, 0.1) is 25.4 Å². The number of piperazine rings is 1. The third kappa shape index (κ3) is 6.06. The lowest BCUT2D eigenvalue weighted by atomic mass is 9.95. The van der Waals surface area contributed by atoms with Crippen LogP contribution >= 0.6 is 0 Å². The SMILES string of the molecule is COc1cc(OC)c2c(=O)[nH]c(-c3ccc(N4CCC(CN5CC6CC5CN6c5cc6cn(C7CCC(=O)NC7=O)cc6cc5F)CC4)cc3)nc2c1. The van der Waals surface area contributed by atoms with E-state index in [1.165, 1.54) is 7.11 Å². The molecule has 4 aliphatic heterocycles. The van der Waals surface area contributed by atoms with Gasteiger partial charge in [0.2, 0.25) is 11.8 Å². The first-order valence-electron chi connectivity index (χ1n) is 18.4. The highest BCUT2D eigenvalue weighted by atomic mass is 19.1. The van der Waals surface area contributed by atoms with E-state index in [2.05, 4.69) is 37.1 Å². The van der Waals surface area contributed by atoms with Crippen LogP contribution in [0.1, 0.15) is 38.1 Å². The molecular weight excluding hydrogens is 677 g/mol. The molecule has 3 unspecified atom stereocenters. The fourth-order valence-corrected chi connectivity index (χ4v) is 8.97. The molecule has 274 valence electrons. The van der Waals surface area contributed by atoms with E-state index in [9.17, 15) is 14.4 Å². The predicted molar refractivity (Wildman–Crippen MR) is 200 cm³/mol. The number of methoxy groups -OCH3 is 2. The zero-order valence-electron chi connectivity index (χ0n) is 29.8. The summed E-state index contributed by atoms with van der Waals surface area (Å²) in [5, 5.41) is 4.46. The van der Waals surface area contributed by atoms with Crippen LogP contribution in [0.2, 0.25) is 0 Å². The first kappa shape index (κ1) is 33.4. The number of carbonyl (C=O) groups excluding carboxylic acids is 2. The molecular formula is C40H42FN7O5. The molecule has 3 aromatic carbocycles. The maximum absolute atomic E-state index is 15.5. The molecule has 13 heteroatoms. The summed E-state index contributed by atoms with van der Waals surface area (Å²) in [5.74, 6) is 1.31. The molecule has 0 saturated carbocycles. The van der Waals surface area contributed by atoms with Crippen molar-refractivity contribution in [2.75, 3.05) is 56.7 Å². The second-order valence-corrected chi connectivity index (χ2v) is 14.9. The molecule has 0 spiro atoms. The van der Waals surface area contributed by atoms with Gasteiger partial charge in [0.15, 0.2) is 0 Å². The zero-order chi connectivity index (χ0) is 36.4. The Balaban J connectivity index is 0.808. The molecule has 2 amide bonds. The second-order valence-electron chi connectivity index (χ2n) is 14.9. The monoisotopic (exact) mass is 719 g/mol. The Kier molecular flexibility index (Phi) is 8.33. The molecule has 4 aliphatic rings. The van der Waals surface area contributed by atoms with Crippen LogP contribution in [0.5, 0.6) is 11.5 Å². The van der Waals surface area contributed by atoms with Crippen LogP contribution in [-0.2, 0) is 9.59 Å². The van der Waals surface area contributed by atoms with Crippen LogP contribution in [0.25, 0.3) is 33.1 Å². The number of nitrogens with zero attached hydrogens (tertiary/aromatic N) is 5. The average molecular weight is 720 g/mol. The standard InChI is InChI=1S/C40H42FN7O5/c1-52-30-16-32-37(35(17-30)53-2)40(51)44-38(42-32)24-3-5-27(6-4-24)45-11-9-23(10-12-45)18-46-21-29-15-28(46)22-48(29)34-14-26-20-47(19-25(26)13-31(34)41)33-7-8-36(49)43-39(33)50/h3-6,13-14,16-17,19-20,23,28-29,33H,7-12,15,18,21-22H2,1-2H3,(H,42,44,51)(H,43,49,50). The van der Waals surface area contributed by atoms with Crippen molar-refractivity contribution in [3.05, 3.63) is 77.1 Å². The van der Waals surface area contributed by atoms with Gasteiger partial charge in [-0.1, -0.05) is 0 Å². The first-order chi connectivity index (χ1) is 25.7. The molecule has 53 heavy (non-hydrogen) atoms. The summed E-state index contributed by atoms with van der Waals surface area (Å²) in [7, 11) is 3.09. The first-order valence-corrected chi connectivity index (χ1v) is 18.4. The second kappa shape index (κ2) is 13.2. The van der Waals surface area contributed by atoms with Crippen molar-refractivity contribution in [2.45, 2.75) is 50.2 Å². The fourth-order valence-electron chi connectivity index (χ4n) is 8.97. The van der Waals surface area contributed by atoms with E-state index in [0.717, 1.165) is 74.0 Å². The molecule has 3 atom stereocenters. The maximum atomic E-state index is 15.5. The number of aromatic amines is 1. The number of H-pyrrole nitrogens is 1. The van der Waals surface area contributed by atoms with Gasteiger partial charge in [0, 0.05) is 97.8 Å². The number of anilines is 2. The van der Waals surface area contributed by atoms with Gasteiger partial charge in [-0.3, -0.25) is 24.6 Å². The van der Waals surface area contributed by atoms with E-state index >= 15 is 4.39 Å².